The molecular weight excluding hydrogens is 296 g/mol. The van der Waals surface area contributed by atoms with Gasteiger partial charge in [-0.1, -0.05) is 18.2 Å². The Kier molecular flexibility index (Phi) is 3.84. The molecule has 2 N–H and O–H groups in total. The van der Waals surface area contributed by atoms with E-state index in [1.165, 1.54) is 0 Å². The first-order valence-electron chi connectivity index (χ1n) is 6.73. The number of aromatic amines is 1. The molecule has 0 saturated carbocycles. The van der Waals surface area contributed by atoms with Crippen LogP contribution < -0.4 is 5.32 Å². The fourth-order valence-electron chi connectivity index (χ4n) is 2.10. The van der Waals surface area contributed by atoms with E-state index in [0.29, 0.717) is 10.3 Å². The van der Waals surface area contributed by atoms with Crippen LogP contribution in [0.1, 0.15) is 10.4 Å². The van der Waals surface area contributed by atoms with E-state index in [1.54, 1.807) is 16.7 Å². The Morgan fingerprint density at radius 2 is 1.82 bits per heavy atom. The Morgan fingerprint density at radius 1 is 1.14 bits per heavy atom. The third kappa shape index (κ3) is 2.82. The fraction of sp³-hybridized carbons (Fsp3) is 0.0625. The zero-order valence-electron chi connectivity index (χ0n) is 11.9. The van der Waals surface area contributed by atoms with Gasteiger partial charge >= 0.3 is 0 Å². The quantitative estimate of drug-likeness (QED) is 0.729. The SMILES string of the molecule is Cn1c(-c2ccc(NC(=O)c3ccccc3)cc2)n[nH]c1=S. The minimum Gasteiger partial charge on any atom is -0.322 e. The first-order chi connectivity index (χ1) is 10.6. The van der Waals surface area contributed by atoms with Gasteiger partial charge in [-0.15, -0.1) is 0 Å². The molecule has 3 aromatic rings. The van der Waals surface area contributed by atoms with Gasteiger partial charge in [-0.25, -0.2) is 0 Å². The monoisotopic (exact) mass is 310 g/mol. The number of benzene rings is 2. The van der Waals surface area contributed by atoms with E-state index >= 15 is 0 Å². The summed E-state index contributed by atoms with van der Waals surface area (Å²) in [6, 6.07) is 16.6. The molecule has 0 aliphatic heterocycles. The summed E-state index contributed by atoms with van der Waals surface area (Å²) >= 11 is 5.10. The van der Waals surface area contributed by atoms with Crippen molar-refractivity contribution in [2.24, 2.45) is 7.05 Å². The van der Waals surface area contributed by atoms with Gasteiger partial charge in [0.05, 0.1) is 0 Å². The van der Waals surface area contributed by atoms with Gasteiger partial charge in [-0.3, -0.25) is 9.89 Å². The summed E-state index contributed by atoms with van der Waals surface area (Å²) in [6.07, 6.45) is 0. The van der Waals surface area contributed by atoms with E-state index in [0.717, 1.165) is 17.1 Å². The molecule has 1 amide bonds. The standard InChI is InChI=1S/C16H14N4OS/c1-20-14(18-19-16(20)22)11-7-9-13(10-8-11)17-15(21)12-5-3-2-4-6-12/h2-10H,1H3,(H,17,21)(H,19,22). The summed E-state index contributed by atoms with van der Waals surface area (Å²) in [5, 5.41) is 9.79. The van der Waals surface area contributed by atoms with E-state index in [4.69, 9.17) is 12.2 Å². The third-order valence-corrected chi connectivity index (χ3v) is 3.68. The highest BCUT2D eigenvalue weighted by atomic mass is 32.1. The normalized spacial score (nSPS) is 10.4. The van der Waals surface area contributed by atoms with Crippen LogP contribution in [0.3, 0.4) is 0 Å². The summed E-state index contributed by atoms with van der Waals surface area (Å²) in [5.74, 6) is 0.623. The number of hydrogen-bond acceptors (Lipinski definition) is 3. The van der Waals surface area contributed by atoms with Crippen LogP contribution in [0.4, 0.5) is 5.69 Å². The molecule has 0 atom stereocenters. The van der Waals surface area contributed by atoms with Crippen LogP contribution in [-0.4, -0.2) is 20.7 Å². The predicted molar refractivity (Wildman–Crippen MR) is 88.2 cm³/mol. The maximum absolute atomic E-state index is 12.1. The molecular formula is C16H14N4OS. The molecule has 3 rings (SSSR count). The van der Waals surface area contributed by atoms with E-state index in [2.05, 4.69) is 15.5 Å². The van der Waals surface area contributed by atoms with Gasteiger partial charge in [0, 0.05) is 23.9 Å². The Balaban J connectivity index is 1.79. The van der Waals surface area contributed by atoms with Gasteiger partial charge in [-0.2, -0.15) is 5.10 Å². The van der Waals surface area contributed by atoms with Crippen molar-refractivity contribution >= 4 is 23.8 Å². The second-order valence-corrected chi connectivity index (χ2v) is 5.20. The molecule has 0 bridgehead atoms. The molecule has 0 unspecified atom stereocenters. The van der Waals surface area contributed by atoms with Crippen molar-refractivity contribution in [3.63, 3.8) is 0 Å². The molecule has 1 heterocycles. The molecule has 2 aromatic carbocycles. The number of aromatic nitrogens is 3. The number of carbonyl (C=O) groups excluding carboxylic acids is 1. The number of amides is 1. The second kappa shape index (κ2) is 5.95. The van der Waals surface area contributed by atoms with Crippen LogP contribution in [0.2, 0.25) is 0 Å². The molecule has 0 aliphatic rings. The van der Waals surface area contributed by atoms with E-state index in [-0.39, 0.29) is 5.91 Å². The highest BCUT2D eigenvalue weighted by molar-refractivity contribution is 7.71. The average molecular weight is 310 g/mol. The van der Waals surface area contributed by atoms with Crippen LogP contribution in [0, 0.1) is 4.77 Å². The lowest BCUT2D eigenvalue weighted by Crippen LogP contribution is -2.11. The van der Waals surface area contributed by atoms with Gasteiger partial charge in [-0.05, 0) is 48.6 Å². The molecule has 5 nitrogen and oxygen atoms in total. The lowest BCUT2D eigenvalue weighted by atomic mass is 10.1. The number of H-pyrrole nitrogens is 1. The maximum atomic E-state index is 12.1. The van der Waals surface area contributed by atoms with Crippen LogP contribution >= 0.6 is 12.2 Å². The van der Waals surface area contributed by atoms with Gasteiger partial charge in [0.25, 0.3) is 5.91 Å². The van der Waals surface area contributed by atoms with Crippen LogP contribution in [0.15, 0.2) is 54.6 Å². The van der Waals surface area contributed by atoms with Crippen molar-refractivity contribution < 1.29 is 4.79 Å². The fourth-order valence-corrected chi connectivity index (χ4v) is 2.23. The molecule has 0 aliphatic carbocycles. The van der Waals surface area contributed by atoms with Crippen molar-refractivity contribution in [1.82, 2.24) is 14.8 Å². The molecule has 0 radical (unpaired) electrons. The number of carbonyl (C=O) groups is 1. The first kappa shape index (κ1) is 14.2. The number of hydrogen-bond donors (Lipinski definition) is 2. The first-order valence-corrected chi connectivity index (χ1v) is 7.14. The number of nitrogens with zero attached hydrogens (tertiary/aromatic N) is 2. The maximum Gasteiger partial charge on any atom is 0.255 e. The molecule has 22 heavy (non-hydrogen) atoms. The highest BCUT2D eigenvalue weighted by Gasteiger charge is 2.07. The average Bonchev–Trinajstić information content (AvgIpc) is 2.89. The summed E-state index contributed by atoms with van der Waals surface area (Å²) < 4.78 is 2.36. The molecule has 1 aromatic heterocycles. The summed E-state index contributed by atoms with van der Waals surface area (Å²) in [4.78, 5) is 12.1. The van der Waals surface area contributed by atoms with Crippen molar-refractivity contribution in [2.45, 2.75) is 0 Å². The summed E-state index contributed by atoms with van der Waals surface area (Å²) in [5.41, 5.74) is 2.28. The smallest absolute Gasteiger partial charge is 0.255 e. The Bertz CT molecular complexity index is 850. The minimum atomic E-state index is -0.133. The van der Waals surface area contributed by atoms with Crippen molar-refractivity contribution in [1.29, 1.82) is 0 Å². The third-order valence-electron chi connectivity index (χ3n) is 3.32. The van der Waals surface area contributed by atoms with Crippen molar-refractivity contribution in [3.8, 4) is 11.4 Å². The van der Waals surface area contributed by atoms with Gasteiger partial charge < -0.3 is 9.88 Å². The van der Waals surface area contributed by atoms with E-state index in [1.807, 2.05) is 49.5 Å². The van der Waals surface area contributed by atoms with Crippen LogP contribution in [-0.2, 0) is 7.05 Å². The minimum absolute atomic E-state index is 0.133. The zero-order valence-corrected chi connectivity index (χ0v) is 12.7. The Labute approximate surface area is 132 Å². The largest absolute Gasteiger partial charge is 0.322 e. The molecule has 6 heteroatoms. The van der Waals surface area contributed by atoms with Gasteiger partial charge in [0.1, 0.15) is 0 Å². The molecule has 0 saturated heterocycles. The lowest BCUT2D eigenvalue weighted by Gasteiger charge is -2.06. The number of anilines is 1. The molecule has 110 valence electrons. The number of rotatable bonds is 3. The Hall–Kier alpha value is -2.73. The molecule has 0 fully saturated rings. The summed E-state index contributed by atoms with van der Waals surface area (Å²) in [6.45, 7) is 0. The lowest BCUT2D eigenvalue weighted by molar-refractivity contribution is 0.102. The van der Waals surface area contributed by atoms with Crippen molar-refractivity contribution in [3.05, 3.63) is 64.9 Å². The van der Waals surface area contributed by atoms with Gasteiger partial charge in [0.15, 0.2) is 10.6 Å². The number of nitrogens with one attached hydrogen (secondary N) is 2. The summed E-state index contributed by atoms with van der Waals surface area (Å²) in [7, 11) is 1.85. The molecule has 0 spiro atoms. The van der Waals surface area contributed by atoms with Crippen LogP contribution in [0.25, 0.3) is 11.4 Å². The predicted octanol–water partition coefficient (Wildman–Crippen LogP) is 3.40. The zero-order chi connectivity index (χ0) is 15.5. The van der Waals surface area contributed by atoms with E-state index < -0.39 is 0 Å². The van der Waals surface area contributed by atoms with E-state index in [9.17, 15) is 4.79 Å². The van der Waals surface area contributed by atoms with Crippen molar-refractivity contribution in [2.75, 3.05) is 5.32 Å². The highest BCUT2D eigenvalue weighted by Crippen LogP contribution is 2.19. The Morgan fingerprint density at radius 3 is 2.41 bits per heavy atom. The topological polar surface area (TPSA) is 62.7 Å². The van der Waals surface area contributed by atoms with Gasteiger partial charge in [0.2, 0.25) is 0 Å². The van der Waals surface area contributed by atoms with Crippen LogP contribution in [0.5, 0.6) is 0 Å². The second-order valence-electron chi connectivity index (χ2n) is 4.81.